The average Bonchev–Trinajstić information content (AvgIpc) is 2.57. The number of benzene rings is 1. The smallest absolute Gasteiger partial charge is 0.252 e. The first-order chi connectivity index (χ1) is 11.7. The molecule has 0 unspecified atom stereocenters. The molecule has 7 heteroatoms. The topological polar surface area (TPSA) is 88.6 Å². The summed E-state index contributed by atoms with van der Waals surface area (Å²) < 4.78 is 11.1. The molecule has 0 bridgehead atoms. The molecule has 0 saturated heterocycles. The van der Waals surface area contributed by atoms with Gasteiger partial charge in [-0.15, -0.1) is 0 Å². The number of aromatic amines is 1. The van der Waals surface area contributed by atoms with Gasteiger partial charge in [-0.25, -0.2) is 10.4 Å². The van der Waals surface area contributed by atoms with Crippen molar-refractivity contribution >= 4 is 12.2 Å². The second kappa shape index (κ2) is 8.71. The van der Waals surface area contributed by atoms with Gasteiger partial charge in [0.15, 0.2) is 0 Å². The summed E-state index contributed by atoms with van der Waals surface area (Å²) in [5, 5.41) is 4.12. The van der Waals surface area contributed by atoms with Gasteiger partial charge in [0.2, 0.25) is 5.95 Å². The van der Waals surface area contributed by atoms with E-state index in [0.29, 0.717) is 37.0 Å². The molecule has 2 aromatic rings. The highest BCUT2D eigenvalue weighted by Crippen LogP contribution is 2.24. The molecule has 128 valence electrons. The number of hydrazone groups is 1. The van der Waals surface area contributed by atoms with Crippen LogP contribution in [-0.2, 0) is 6.42 Å². The van der Waals surface area contributed by atoms with Gasteiger partial charge in [-0.2, -0.15) is 5.10 Å². The molecular weight excluding hydrogens is 308 g/mol. The number of rotatable bonds is 8. The SMILES string of the molecule is CCOc1ccc(/C=N\Nc2nc(CC)cc(=O)[nH]2)c(OCC)c1. The molecule has 1 heterocycles. The van der Waals surface area contributed by atoms with Crippen LogP contribution in [0.1, 0.15) is 32.0 Å². The molecule has 1 aromatic heterocycles. The van der Waals surface area contributed by atoms with Crippen LogP contribution in [-0.4, -0.2) is 29.4 Å². The summed E-state index contributed by atoms with van der Waals surface area (Å²) in [5.41, 5.74) is 4.02. The molecule has 0 spiro atoms. The second-order valence-electron chi connectivity index (χ2n) is 4.87. The Hall–Kier alpha value is -2.83. The summed E-state index contributed by atoms with van der Waals surface area (Å²) in [6.07, 6.45) is 2.29. The zero-order chi connectivity index (χ0) is 17.4. The zero-order valence-corrected chi connectivity index (χ0v) is 14.1. The first-order valence-electron chi connectivity index (χ1n) is 7.95. The van der Waals surface area contributed by atoms with Crippen LogP contribution >= 0.6 is 0 Å². The molecule has 2 rings (SSSR count). The fourth-order valence-corrected chi connectivity index (χ4v) is 2.06. The van der Waals surface area contributed by atoms with Crippen molar-refractivity contribution in [2.45, 2.75) is 27.2 Å². The van der Waals surface area contributed by atoms with Crippen molar-refractivity contribution in [2.75, 3.05) is 18.6 Å². The first-order valence-corrected chi connectivity index (χ1v) is 7.95. The van der Waals surface area contributed by atoms with Gasteiger partial charge in [-0.3, -0.25) is 9.78 Å². The number of nitrogens with one attached hydrogen (secondary N) is 2. The largest absolute Gasteiger partial charge is 0.494 e. The Morgan fingerprint density at radius 2 is 2.00 bits per heavy atom. The van der Waals surface area contributed by atoms with Crippen LogP contribution in [0.2, 0.25) is 0 Å². The lowest BCUT2D eigenvalue weighted by atomic mass is 10.2. The van der Waals surface area contributed by atoms with E-state index < -0.39 is 0 Å². The average molecular weight is 330 g/mol. The second-order valence-corrected chi connectivity index (χ2v) is 4.87. The van der Waals surface area contributed by atoms with E-state index in [2.05, 4.69) is 20.5 Å². The van der Waals surface area contributed by atoms with Crippen LogP contribution in [0.15, 0.2) is 34.2 Å². The van der Waals surface area contributed by atoms with Gasteiger partial charge in [0.25, 0.3) is 5.56 Å². The lowest BCUT2D eigenvalue weighted by Gasteiger charge is -2.10. The van der Waals surface area contributed by atoms with Gasteiger partial charge in [-0.1, -0.05) is 6.92 Å². The van der Waals surface area contributed by atoms with Gasteiger partial charge in [0.05, 0.1) is 19.4 Å². The number of aromatic nitrogens is 2. The van der Waals surface area contributed by atoms with Crippen molar-refractivity contribution < 1.29 is 9.47 Å². The number of hydrogen-bond donors (Lipinski definition) is 2. The summed E-state index contributed by atoms with van der Waals surface area (Å²) in [7, 11) is 0. The van der Waals surface area contributed by atoms with Gasteiger partial charge in [0, 0.05) is 23.4 Å². The van der Waals surface area contributed by atoms with Crippen molar-refractivity contribution in [2.24, 2.45) is 5.10 Å². The molecular formula is C17H22N4O3. The van der Waals surface area contributed by atoms with E-state index in [1.807, 2.05) is 39.0 Å². The van der Waals surface area contributed by atoms with Crippen LogP contribution in [0.25, 0.3) is 0 Å². The Labute approximate surface area is 140 Å². The van der Waals surface area contributed by atoms with Crippen LogP contribution < -0.4 is 20.5 Å². The molecule has 0 aliphatic rings. The molecule has 1 aromatic carbocycles. The van der Waals surface area contributed by atoms with Crippen molar-refractivity contribution in [1.29, 1.82) is 0 Å². The molecule has 0 aliphatic carbocycles. The van der Waals surface area contributed by atoms with E-state index >= 15 is 0 Å². The zero-order valence-electron chi connectivity index (χ0n) is 14.1. The molecule has 0 radical (unpaired) electrons. The van der Waals surface area contributed by atoms with E-state index in [9.17, 15) is 4.79 Å². The number of anilines is 1. The summed E-state index contributed by atoms with van der Waals surface area (Å²) in [6, 6.07) is 7.01. The third kappa shape index (κ3) is 4.84. The monoisotopic (exact) mass is 330 g/mol. The minimum atomic E-state index is -0.212. The number of H-pyrrole nitrogens is 1. The highest BCUT2D eigenvalue weighted by atomic mass is 16.5. The molecule has 24 heavy (non-hydrogen) atoms. The van der Waals surface area contributed by atoms with Gasteiger partial charge in [-0.05, 0) is 32.4 Å². The Kier molecular flexibility index (Phi) is 6.36. The maximum Gasteiger partial charge on any atom is 0.252 e. The minimum Gasteiger partial charge on any atom is -0.494 e. The molecule has 0 amide bonds. The van der Waals surface area contributed by atoms with E-state index in [4.69, 9.17) is 9.47 Å². The predicted octanol–water partition coefficient (Wildman–Crippen LogP) is 2.58. The maximum atomic E-state index is 11.5. The van der Waals surface area contributed by atoms with Crippen molar-refractivity contribution in [3.8, 4) is 11.5 Å². The minimum absolute atomic E-state index is 0.212. The van der Waals surface area contributed by atoms with Gasteiger partial charge < -0.3 is 9.47 Å². The summed E-state index contributed by atoms with van der Waals surface area (Å²) >= 11 is 0. The lowest BCUT2D eigenvalue weighted by molar-refractivity contribution is 0.323. The summed E-state index contributed by atoms with van der Waals surface area (Å²) in [5.74, 6) is 1.73. The number of nitrogens with zero attached hydrogens (tertiary/aromatic N) is 2. The molecule has 0 saturated carbocycles. The predicted molar refractivity (Wildman–Crippen MR) is 94.2 cm³/mol. The fourth-order valence-electron chi connectivity index (χ4n) is 2.06. The molecule has 0 aliphatic heterocycles. The standard InChI is InChI=1S/C17H22N4O3/c1-4-13-9-16(22)20-17(19-13)21-18-11-12-7-8-14(23-5-2)10-15(12)24-6-3/h7-11H,4-6H2,1-3H3,(H2,19,20,21,22)/b18-11-. The van der Waals surface area contributed by atoms with Crippen LogP contribution in [0, 0.1) is 0 Å². The Morgan fingerprint density at radius 3 is 2.71 bits per heavy atom. The van der Waals surface area contributed by atoms with E-state index in [0.717, 1.165) is 11.3 Å². The molecule has 7 nitrogen and oxygen atoms in total. The molecule has 0 atom stereocenters. The number of aryl methyl sites for hydroxylation is 1. The number of ether oxygens (including phenoxy) is 2. The van der Waals surface area contributed by atoms with Crippen LogP contribution in [0.3, 0.4) is 0 Å². The Balaban J connectivity index is 2.16. The Bertz CT molecular complexity index is 756. The fraction of sp³-hybridized carbons (Fsp3) is 0.353. The van der Waals surface area contributed by atoms with Crippen molar-refractivity contribution in [1.82, 2.24) is 9.97 Å². The van der Waals surface area contributed by atoms with E-state index in [1.165, 1.54) is 6.07 Å². The maximum absolute atomic E-state index is 11.5. The quantitative estimate of drug-likeness (QED) is 0.574. The molecule has 0 fully saturated rings. The van der Waals surface area contributed by atoms with Crippen LogP contribution in [0.4, 0.5) is 5.95 Å². The first kappa shape index (κ1) is 17.5. The summed E-state index contributed by atoms with van der Waals surface area (Å²) in [4.78, 5) is 18.4. The highest BCUT2D eigenvalue weighted by molar-refractivity contribution is 5.84. The lowest BCUT2D eigenvalue weighted by Crippen LogP contribution is -2.11. The third-order valence-electron chi connectivity index (χ3n) is 3.13. The van der Waals surface area contributed by atoms with Crippen molar-refractivity contribution in [3.63, 3.8) is 0 Å². The van der Waals surface area contributed by atoms with Crippen molar-refractivity contribution in [3.05, 3.63) is 45.9 Å². The van der Waals surface area contributed by atoms with Gasteiger partial charge >= 0.3 is 0 Å². The summed E-state index contributed by atoms with van der Waals surface area (Å²) in [6.45, 7) is 6.91. The Morgan fingerprint density at radius 1 is 1.21 bits per heavy atom. The highest BCUT2D eigenvalue weighted by Gasteiger charge is 2.04. The third-order valence-corrected chi connectivity index (χ3v) is 3.13. The molecule has 2 N–H and O–H groups in total. The van der Waals surface area contributed by atoms with Gasteiger partial charge in [0.1, 0.15) is 11.5 Å². The van der Waals surface area contributed by atoms with E-state index in [-0.39, 0.29) is 5.56 Å². The normalized spacial score (nSPS) is 10.8. The van der Waals surface area contributed by atoms with E-state index in [1.54, 1.807) is 6.21 Å². The van der Waals surface area contributed by atoms with Crippen LogP contribution in [0.5, 0.6) is 11.5 Å². The number of hydrogen-bond acceptors (Lipinski definition) is 6.